The van der Waals surface area contributed by atoms with Crippen LogP contribution in [-0.4, -0.2) is 42.5 Å². The molecule has 0 unspecified atom stereocenters. The number of imidazole rings is 1. The first-order chi connectivity index (χ1) is 15.7. The predicted molar refractivity (Wildman–Crippen MR) is 115 cm³/mol. The van der Waals surface area contributed by atoms with Crippen molar-refractivity contribution in [3.63, 3.8) is 0 Å². The maximum Gasteiger partial charge on any atom is 0.490 e. The van der Waals surface area contributed by atoms with E-state index in [1.807, 2.05) is 51.7 Å². The van der Waals surface area contributed by atoms with E-state index in [0.717, 1.165) is 34.4 Å². The molecule has 2 heterocycles. The summed E-state index contributed by atoms with van der Waals surface area (Å²) in [5.41, 5.74) is 2.91. The molecule has 4 aromatic rings. The van der Waals surface area contributed by atoms with Crippen LogP contribution in [0.25, 0.3) is 21.9 Å². The highest BCUT2D eigenvalue weighted by Gasteiger charge is 2.38. The molecule has 2 aromatic carbocycles. The van der Waals surface area contributed by atoms with Crippen LogP contribution < -0.4 is 5.32 Å². The summed E-state index contributed by atoms with van der Waals surface area (Å²) in [7, 11) is 0. The van der Waals surface area contributed by atoms with Gasteiger partial charge in [-0.3, -0.25) is 9.48 Å². The Morgan fingerprint density at radius 1 is 1.06 bits per heavy atom. The summed E-state index contributed by atoms with van der Waals surface area (Å²) in [6, 6.07) is 15.9. The van der Waals surface area contributed by atoms with Crippen LogP contribution in [0.2, 0.25) is 0 Å². The van der Waals surface area contributed by atoms with Crippen LogP contribution in [0.5, 0.6) is 0 Å². The van der Waals surface area contributed by atoms with Crippen LogP contribution in [-0.2, 0) is 22.7 Å². The second-order valence-electron chi connectivity index (χ2n) is 7.70. The van der Waals surface area contributed by atoms with E-state index in [9.17, 15) is 18.0 Å². The first kappa shape index (κ1) is 22.3. The second kappa shape index (κ2) is 8.93. The molecule has 0 radical (unpaired) electrons. The molecule has 0 saturated heterocycles. The lowest BCUT2D eigenvalue weighted by atomic mass is 10.2. The first-order valence-electron chi connectivity index (χ1n) is 10.2. The number of carboxylic acids is 1. The van der Waals surface area contributed by atoms with Gasteiger partial charge in [0.25, 0.3) is 0 Å². The van der Waals surface area contributed by atoms with Crippen molar-refractivity contribution in [2.75, 3.05) is 5.32 Å². The quantitative estimate of drug-likeness (QED) is 0.469. The highest BCUT2D eigenvalue weighted by atomic mass is 19.4. The standard InChI is InChI=1S/C20H19N5O.C2HF3O2/c26-19(12-24-13-21-16-6-2-4-8-18(16)24)22-20-15-5-1-3-7-17(15)25(23-20)11-14-9-10-14;3-2(4,5)1(6)7/h1-8,13-14H,9-12H2,(H,22,23,26);(H,6,7). The summed E-state index contributed by atoms with van der Waals surface area (Å²) >= 11 is 0. The Morgan fingerprint density at radius 3 is 2.36 bits per heavy atom. The van der Waals surface area contributed by atoms with Crippen molar-refractivity contribution in [2.45, 2.75) is 32.1 Å². The molecular weight excluding hydrogens is 439 g/mol. The lowest BCUT2D eigenvalue weighted by Crippen LogP contribution is -2.21. The third kappa shape index (κ3) is 5.30. The van der Waals surface area contributed by atoms with Gasteiger partial charge in [0.2, 0.25) is 5.91 Å². The van der Waals surface area contributed by atoms with Crippen LogP contribution in [0, 0.1) is 5.92 Å². The number of fused-ring (bicyclic) bond motifs is 2. The first-order valence-corrected chi connectivity index (χ1v) is 10.2. The molecule has 172 valence electrons. The monoisotopic (exact) mass is 459 g/mol. The molecule has 8 nitrogen and oxygen atoms in total. The summed E-state index contributed by atoms with van der Waals surface area (Å²) in [6.07, 6.45) is -0.846. The molecule has 0 aliphatic heterocycles. The minimum absolute atomic E-state index is 0.102. The van der Waals surface area contributed by atoms with Crippen LogP contribution >= 0.6 is 0 Å². The van der Waals surface area contributed by atoms with Gasteiger partial charge in [0, 0.05) is 11.9 Å². The molecule has 0 spiro atoms. The van der Waals surface area contributed by atoms with E-state index >= 15 is 0 Å². The van der Waals surface area contributed by atoms with Gasteiger partial charge < -0.3 is 15.0 Å². The lowest BCUT2D eigenvalue weighted by Gasteiger charge is -2.05. The number of halogens is 3. The van der Waals surface area contributed by atoms with Crippen LogP contribution in [0.4, 0.5) is 19.0 Å². The van der Waals surface area contributed by atoms with Gasteiger partial charge in [-0.1, -0.05) is 24.3 Å². The van der Waals surface area contributed by atoms with Crippen molar-refractivity contribution < 1.29 is 27.9 Å². The van der Waals surface area contributed by atoms with E-state index in [0.29, 0.717) is 5.82 Å². The Bertz CT molecular complexity index is 1310. The van der Waals surface area contributed by atoms with Crippen molar-refractivity contribution in [3.8, 4) is 0 Å². The number of carbonyl (C=O) groups excluding carboxylic acids is 1. The number of rotatable bonds is 5. The molecule has 0 bridgehead atoms. The molecule has 5 rings (SSSR count). The Balaban J connectivity index is 0.000000325. The molecule has 1 aliphatic rings. The van der Waals surface area contributed by atoms with Crippen molar-refractivity contribution in [3.05, 3.63) is 54.9 Å². The van der Waals surface area contributed by atoms with Gasteiger partial charge >= 0.3 is 12.1 Å². The highest BCUT2D eigenvalue weighted by Crippen LogP contribution is 2.32. The van der Waals surface area contributed by atoms with E-state index < -0.39 is 12.1 Å². The maximum absolute atomic E-state index is 12.6. The molecule has 1 amide bonds. The van der Waals surface area contributed by atoms with Gasteiger partial charge in [-0.05, 0) is 43.0 Å². The van der Waals surface area contributed by atoms with Gasteiger partial charge in [-0.15, -0.1) is 0 Å². The number of para-hydroxylation sites is 3. The molecule has 11 heteroatoms. The topological polar surface area (TPSA) is 102 Å². The maximum atomic E-state index is 12.6. The third-order valence-corrected chi connectivity index (χ3v) is 5.13. The highest BCUT2D eigenvalue weighted by molar-refractivity contribution is 6.00. The fourth-order valence-electron chi connectivity index (χ4n) is 3.37. The van der Waals surface area contributed by atoms with E-state index in [-0.39, 0.29) is 12.5 Å². The number of amides is 1. The Kier molecular flexibility index (Phi) is 6.03. The number of nitrogens with zero attached hydrogens (tertiary/aromatic N) is 4. The summed E-state index contributed by atoms with van der Waals surface area (Å²) in [5.74, 6) is -1.50. The summed E-state index contributed by atoms with van der Waals surface area (Å²) in [4.78, 5) is 25.8. The molecular formula is C22H20F3N5O3. The summed E-state index contributed by atoms with van der Waals surface area (Å²) in [5, 5.41) is 15.8. The molecule has 2 N–H and O–H groups in total. The fourth-order valence-corrected chi connectivity index (χ4v) is 3.37. The minimum atomic E-state index is -5.08. The number of alkyl halides is 3. The molecule has 0 atom stereocenters. The van der Waals surface area contributed by atoms with Crippen LogP contribution in [0.15, 0.2) is 54.9 Å². The zero-order chi connectivity index (χ0) is 23.6. The molecule has 33 heavy (non-hydrogen) atoms. The number of carboxylic acid groups (broad SMARTS) is 1. The average Bonchev–Trinajstić information content (AvgIpc) is 3.41. The number of benzene rings is 2. The summed E-state index contributed by atoms with van der Waals surface area (Å²) in [6.45, 7) is 1.13. The number of hydrogen-bond donors (Lipinski definition) is 2. The number of hydrogen-bond acceptors (Lipinski definition) is 4. The molecule has 2 aromatic heterocycles. The van der Waals surface area contributed by atoms with Crippen molar-refractivity contribution >= 4 is 39.6 Å². The summed E-state index contributed by atoms with van der Waals surface area (Å²) < 4.78 is 35.6. The lowest BCUT2D eigenvalue weighted by molar-refractivity contribution is -0.192. The Morgan fingerprint density at radius 2 is 1.70 bits per heavy atom. The molecule has 1 aliphatic carbocycles. The van der Waals surface area contributed by atoms with Crippen molar-refractivity contribution in [2.24, 2.45) is 5.92 Å². The molecule has 1 saturated carbocycles. The number of aromatic nitrogens is 4. The van der Waals surface area contributed by atoms with E-state index in [1.165, 1.54) is 12.8 Å². The SMILES string of the molecule is O=C(Cn1cnc2ccccc21)Nc1nn(CC2CC2)c2ccccc12.O=C(O)C(F)(F)F. The van der Waals surface area contributed by atoms with E-state index in [2.05, 4.69) is 21.5 Å². The molecule has 1 fully saturated rings. The predicted octanol–water partition coefficient (Wildman–Crippen LogP) is 4.07. The van der Waals surface area contributed by atoms with E-state index in [4.69, 9.17) is 9.90 Å². The average molecular weight is 459 g/mol. The normalized spacial score (nSPS) is 13.5. The number of aliphatic carboxylic acids is 1. The van der Waals surface area contributed by atoms with Crippen molar-refractivity contribution in [1.82, 2.24) is 19.3 Å². The fraction of sp³-hybridized carbons (Fsp3) is 0.273. The second-order valence-corrected chi connectivity index (χ2v) is 7.70. The minimum Gasteiger partial charge on any atom is -0.475 e. The van der Waals surface area contributed by atoms with E-state index in [1.54, 1.807) is 6.33 Å². The Hall–Kier alpha value is -3.89. The Labute approximate surface area is 185 Å². The number of carbonyl (C=O) groups is 2. The van der Waals surface area contributed by atoms with Gasteiger partial charge in [0.15, 0.2) is 5.82 Å². The van der Waals surface area contributed by atoms with Gasteiger partial charge in [-0.2, -0.15) is 18.3 Å². The van der Waals surface area contributed by atoms with Crippen LogP contribution in [0.1, 0.15) is 12.8 Å². The number of nitrogens with one attached hydrogen (secondary N) is 1. The van der Waals surface area contributed by atoms with Gasteiger partial charge in [0.1, 0.15) is 6.54 Å². The van der Waals surface area contributed by atoms with Crippen LogP contribution in [0.3, 0.4) is 0 Å². The zero-order valence-corrected chi connectivity index (χ0v) is 17.3. The number of anilines is 1. The van der Waals surface area contributed by atoms with Gasteiger partial charge in [0.05, 0.1) is 22.9 Å². The third-order valence-electron chi connectivity index (χ3n) is 5.13. The smallest absolute Gasteiger partial charge is 0.475 e. The zero-order valence-electron chi connectivity index (χ0n) is 17.3. The van der Waals surface area contributed by atoms with Crippen molar-refractivity contribution in [1.29, 1.82) is 0 Å². The van der Waals surface area contributed by atoms with Gasteiger partial charge in [-0.25, -0.2) is 9.78 Å². The largest absolute Gasteiger partial charge is 0.490 e.